The Hall–Kier alpha value is -0.570. The Kier molecular flexibility index (Phi) is 2.73. The molecule has 1 saturated heterocycles. The number of hydrogen-bond donors (Lipinski definition) is 1. The van der Waals surface area contributed by atoms with E-state index in [0.29, 0.717) is 13.2 Å². The van der Waals surface area contributed by atoms with Crippen molar-refractivity contribution < 1.29 is 9.53 Å². The highest BCUT2D eigenvalue weighted by Crippen LogP contribution is 2.13. The van der Waals surface area contributed by atoms with Crippen molar-refractivity contribution in [2.24, 2.45) is 11.3 Å². The lowest BCUT2D eigenvalue weighted by molar-refractivity contribution is -0.139. The van der Waals surface area contributed by atoms with Crippen LogP contribution in [0.1, 0.15) is 20.8 Å². The Labute approximate surface area is 73.5 Å². The summed E-state index contributed by atoms with van der Waals surface area (Å²) in [5.74, 6) is 0.239. The van der Waals surface area contributed by atoms with Crippen molar-refractivity contribution in [3.8, 4) is 0 Å². The molecule has 1 N–H and O–H groups in total. The van der Waals surface area contributed by atoms with Gasteiger partial charge in [-0.2, -0.15) is 0 Å². The highest BCUT2D eigenvalue weighted by atomic mass is 16.5. The monoisotopic (exact) mass is 171 g/mol. The summed E-state index contributed by atoms with van der Waals surface area (Å²) in [6, 6.07) is 0. The zero-order chi connectivity index (χ0) is 9.19. The Balaban J connectivity index is 2.18. The topological polar surface area (TPSA) is 38.3 Å². The van der Waals surface area contributed by atoms with Gasteiger partial charge in [-0.1, -0.05) is 20.8 Å². The van der Waals surface area contributed by atoms with E-state index in [1.54, 1.807) is 0 Å². The summed E-state index contributed by atoms with van der Waals surface area (Å²) in [6.07, 6.45) is 0. The van der Waals surface area contributed by atoms with Crippen LogP contribution in [0.2, 0.25) is 0 Å². The van der Waals surface area contributed by atoms with Crippen LogP contribution in [0.15, 0.2) is 0 Å². The van der Waals surface area contributed by atoms with Gasteiger partial charge in [0.05, 0.1) is 19.1 Å². The summed E-state index contributed by atoms with van der Waals surface area (Å²) in [6.45, 7) is 8.23. The van der Waals surface area contributed by atoms with Crippen LogP contribution in [0.4, 0.5) is 0 Å². The number of hydrogen-bond acceptors (Lipinski definition) is 2. The molecule has 0 aromatic rings. The normalized spacial score (nSPS) is 18.6. The van der Waals surface area contributed by atoms with Gasteiger partial charge in [-0.15, -0.1) is 0 Å². The SMILES string of the molecule is CC(C)(C)CNC(=O)C1COC1. The zero-order valence-electron chi connectivity index (χ0n) is 8.02. The Morgan fingerprint density at radius 2 is 2.08 bits per heavy atom. The molecular weight excluding hydrogens is 154 g/mol. The van der Waals surface area contributed by atoms with E-state index in [9.17, 15) is 4.79 Å². The van der Waals surface area contributed by atoms with Crippen LogP contribution in [-0.4, -0.2) is 25.7 Å². The van der Waals surface area contributed by atoms with Crippen LogP contribution in [0, 0.1) is 11.3 Å². The van der Waals surface area contributed by atoms with E-state index in [1.807, 2.05) is 0 Å². The van der Waals surface area contributed by atoms with E-state index in [1.165, 1.54) is 0 Å². The van der Waals surface area contributed by atoms with Crippen LogP contribution in [-0.2, 0) is 9.53 Å². The number of carbonyl (C=O) groups is 1. The van der Waals surface area contributed by atoms with Crippen molar-refractivity contribution in [1.82, 2.24) is 5.32 Å². The summed E-state index contributed by atoms with van der Waals surface area (Å²) >= 11 is 0. The Morgan fingerprint density at radius 3 is 2.42 bits per heavy atom. The smallest absolute Gasteiger partial charge is 0.227 e. The van der Waals surface area contributed by atoms with Gasteiger partial charge in [0.15, 0.2) is 0 Å². The highest BCUT2D eigenvalue weighted by molar-refractivity contribution is 5.79. The molecule has 1 heterocycles. The Bertz CT molecular complexity index is 168. The maximum atomic E-state index is 11.3. The van der Waals surface area contributed by atoms with Gasteiger partial charge in [0.25, 0.3) is 0 Å². The van der Waals surface area contributed by atoms with Gasteiger partial charge in [0, 0.05) is 6.54 Å². The van der Waals surface area contributed by atoms with Crippen molar-refractivity contribution in [2.75, 3.05) is 19.8 Å². The fourth-order valence-corrected chi connectivity index (χ4v) is 0.884. The predicted molar refractivity (Wildman–Crippen MR) is 46.8 cm³/mol. The highest BCUT2D eigenvalue weighted by Gasteiger charge is 2.26. The van der Waals surface area contributed by atoms with E-state index in [0.717, 1.165) is 6.54 Å². The largest absolute Gasteiger partial charge is 0.380 e. The summed E-state index contributed by atoms with van der Waals surface area (Å²) in [5.41, 5.74) is 0.167. The third-order valence-electron chi connectivity index (χ3n) is 1.80. The molecule has 0 aromatic carbocycles. The molecule has 3 nitrogen and oxygen atoms in total. The standard InChI is InChI=1S/C9H17NO2/c1-9(2,3)6-10-8(11)7-4-12-5-7/h7H,4-6H2,1-3H3,(H,10,11). The van der Waals surface area contributed by atoms with Gasteiger partial charge in [0.2, 0.25) is 5.91 Å². The Morgan fingerprint density at radius 1 is 1.50 bits per heavy atom. The van der Waals surface area contributed by atoms with Crippen LogP contribution >= 0.6 is 0 Å². The first kappa shape index (κ1) is 9.52. The first-order valence-corrected chi connectivity index (χ1v) is 4.34. The van der Waals surface area contributed by atoms with E-state index in [4.69, 9.17) is 4.74 Å². The quantitative estimate of drug-likeness (QED) is 0.667. The second-order valence-electron chi connectivity index (χ2n) is 4.51. The molecule has 1 fully saturated rings. The lowest BCUT2D eigenvalue weighted by Gasteiger charge is -2.27. The molecule has 3 heteroatoms. The maximum absolute atomic E-state index is 11.3. The van der Waals surface area contributed by atoms with Gasteiger partial charge < -0.3 is 10.1 Å². The molecule has 0 aliphatic carbocycles. The van der Waals surface area contributed by atoms with Gasteiger partial charge in [-0.25, -0.2) is 0 Å². The molecule has 1 aliphatic heterocycles. The molecule has 0 spiro atoms. The van der Waals surface area contributed by atoms with Gasteiger partial charge in [0.1, 0.15) is 0 Å². The molecule has 0 radical (unpaired) electrons. The lowest BCUT2D eigenvalue weighted by atomic mass is 9.96. The second-order valence-corrected chi connectivity index (χ2v) is 4.51. The molecule has 0 atom stereocenters. The summed E-state index contributed by atoms with van der Waals surface area (Å²) < 4.78 is 4.93. The van der Waals surface area contributed by atoms with Gasteiger partial charge in [-0.05, 0) is 5.41 Å². The minimum atomic E-state index is 0.104. The van der Waals surface area contributed by atoms with E-state index < -0.39 is 0 Å². The maximum Gasteiger partial charge on any atom is 0.227 e. The number of carbonyl (C=O) groups excluding carboxylic acids is 1. The molecule has 1 rings (SSSR count). The van der Waals surface area contributed by atoms with E-state index in [2.05, 4.69) is 26.1 Å². The van der Waals surface area contributed by atoms with Crippen LogP contribution in [0.25, 0.3) is 0 Å². The first-order chi connectivity index (χ1) is 5.49. The molecule has 0 aromatic heterocycles. The predicted octanol–water partition coefficient (Wildman–Crippen LogP) is 0.795. The summed E-state index contributed by atoms with van der Waals surface area (Å²) in [7, 11) is 0. The van der Waals surface area contributed by atoms with Crippen molar-refractivity contribution in [3.05, 3.63) is 0 Å². The molecule has 0 saturated carbocycles. The van der Waals surface area contributed by atoms with Gasteiger partial charge >= 0.3 is 0 Å². The zero-order valence-corrected chi connectivity index (χ0v) is 8.02. The minimum absolute atomic E-state index is 0.104. The fraction of sp³-hybridized carbons (Fsp3) is 0.889. The molecular formula is C9H17NO2. The number of rotatable bonds is 2. The molecule has 1 aliphatic rings. The molecule has 70 valence electrons. The molecule has 12 heavy (non-hydrogen) atoms. The summed E-state index contributed by atoms with van der Waals surface area (Å²) in [5, 5.41) is 2.91. The van der Waals surface area contributed by atoms with Crippen LogP contribution in [0.3, 0.4) is 0 Å². The summed E-state index contributed by atoms with van der Waals surface area (Å²) in [4.78, 5) is 11.3. The second kappa shape index (κ2) is 3.44. The molecule has 1 amide bonds. The van der Waals surface area contributed by atoms with Crippen molar-refractivity contribution in [1.29, 1.82) is 0 Å². The molecule has 0 unspecified atom stereocenters. The average molecular weight is 171 g/mol. The first-order valence-electron chi connectivity index (χ1n) is 4.34. The van der Waals surface area contributed by atoms with Crippen LogP contribution < -0.4 is 5.32 Å². The molecule has 0 bridgehead atoms. The number of nitrogens with one attached hydrogen (secondary N) is 1. The third kappa shape index (κ3) is 2.81. The lowest BCUT2D eigenvalue weighted by Crippen LogP contribution is -2.44. The van der Waals surface area contributed by atoms with Crippen molar-refractivity contribution in [3.63, 3.8) is 0 Å². The number of ether oxygens (including phenoxy) is 1. The average Bonchev–Trinajstić information content (AvgIpc) is 1.78. The van der Waals surface area contributed by atoms with E-state index in [-0.39, 0.29) is 17.2 Å². The third-order valence-corrected chi connectivity index (χ3v) is 1.80. The van der Waals surface area contributed by atoms with Crippen molar-refractivity contribution >= 4 is 5.91 Å². The van der Waals surface area contributed by atoms with Crippen LogP contribution in [0.5, 0.6) is 0 Å². The van der Waals surface area contributed by atoms with Gasteiger partial charge in [-0.3, -0.25) is 4.79 Å². The minimum Gasteiger partial charge on any atom is -0.380 e. The fourth-order valence-electron chi connectivity index (χ4n) is 0.884. The number of amides is 1. The van der Waals surface area contributed by atoms with E-state index >= 15 is 0 Å². The van der Waals surface area contributed by atoms with Crippen molar-refractivity contribution in [2.45, 2.75) is 20.8 Å².